The predicted molar refractivity (Wildman–Crippen MR) is 98.2 cm³/mol. The van der Waals surface area contributed by atoms with E-state index in [1.54, 1.807) is 30.6 Å². The van der Waals surface area contributed by atoms with Gasteiger partial charge in [-0.2, -0.15) is 4.98 Å². The normalized spacial score (nSPS) is 11.9. The number of anilines is 3. The summed E-state index contributed by atoms with van der Waals surface area (Å²) < 4.78 is 40.6. The van der Waals surface area contributed by atoms with E-state index < -0.39 is 17.5 Å². The highest BCUT2D eigenvalue weighted by Crippen LogP contribution is 2.26. The van der Waals surface area contributed by atoms with Crippen LogP contribution in [0.25, 0.3) is 11.3 Å². The van der Waals surface area contributed by atoms with Crippen molar-refractivity contribution in [1.29, 1.82) is 0 Å². The van der Waals surface area contributed by atoms with Crippen LogP contribution in [0.2, 0.25) is 0 Å². The number of aromatic nitrogens is 3. The van der Waals surface area contributed by atoms with E-state index in [1.165, 1.54) is 0 Å². The van der Waals surface area contributed by atoms with Gasteiger partial charge in [0.1, 0.15) is 5.82 Å². The van der Waals surface area contributed by atoms with Gasteiger partial charge in [0.25, 0.3) is 0 Å². The fourth-order valence-corrected chi connectivity index (χ4v) is 2.33. The van der Waals surface area contributed by atoms with Crippen LogP contribution in [0.3, 0.4) is 0 Å². The standard InChI is InChI=1S/C19H18F3N5/c1-3-11(2)24-19-26-15(12-6-8-23-9-7-12)10-16(27-19)25-14-5-4-13(20)17(21)18(14)22/h4-11H,3H2,1-2H3,(H2,24,25,26,27)/t11-/m1/s1. The predicted octanol–water partition coefficient (Wildman–Crippen LogP) is 4.91. The van der Waals surface area contributed by atoms with Gasteiger partial charge >= 0.3 is 0 Å². The molecule has 1 aromatic carbocycles. The monoisotopic (exact) mass is 373 g/mol. The Morgan fingerprint density at radius 1 is 1.00 bits per heavy atom. The SMILES string of the molecule is CC[C@@H](C)Nc1nc(Nc2ccc(F)c(F)c2F)cc(-c2ccncc2)n1. The maximum atomic E-state index is 14.0. The number of halogens is 3. The lowest BCUT2D eigenvalue weighted by Crippen LogP contribution is -2.16. The molecule has 0 radical (unpaired) electrons. The topological polar surface area (TPSA) is 62.7 Å². The Labute approximate surface area is 154 Å². The molecule has 0 saturated carbocycles. The van der Waals surface area contributed by atoms with E-state index in [2.05, 4.69) is 25.6 Å². The van der Waals surface area contributed by atoms with Crippen LogP contribution in [0.4, 0.5) is 30.6 Å². The van der Waals surface area contributed by atoms with Crippen LogP contribution in [-0.4, -0.2) is 21.0 Å². The van der Waals surface area contributed by atoms with E-state index in [0.717, 1.165) is 24.1 Å². The van der Waals surface area contributed by atoms with Gasteiger partial charge in [-0.1, -0.05) is 6.92 Å². The smallest absolute Gasteiger partial charge is 0.225 e. The first-order chi connectivity index (χ1) is 13.0. The van der Waals surface area contributed by atoms with Crippen LogP contribution in [0.15, 0.2) is 42.7 Å². The summed E-state index contributed by atoms with van der Waals surface area (Å²) in [6.45, 7) is 3.99. The van der Waals surface area contributed by atoms with Crippen molar-refractivity contribution in [3.8, 4) is 11.3 Å². The molecule has 0 amide bonds. The minimum atomic E-state index is -1.54. The Morgan fingerprint density at radius 3 is 2.44 bits per heavy atom. The Balaban J connectivity index is 2.01. The van der Waals surface area contributed by atoms with E-state index in [1.807, 2.05) is 13.8 Å². The van der Waals surface area contributed by atoms with Crippen molar-refractivity contribution in [2.75, 3.05) is 10.6 Å². The van der Waals surface area contributed by atoms with Gasteiger partial charge in [0.15, 0.2) is 17.5 Å². The molecule has 1 atom stereocenters. The summed E-state index contributed by atoms with van der Waals surface area (Å²) in [6.07, 6.45) is 4.10. The first-order valence-electron chi connectivity index (χ1n) is 8.44. The number of nitrogens with zero attached hydrogens (tertiary/aromatic N) is 3. The molecule has 2 heterocycles. The summed E-state index contributed by atoms with van der Waals surface area (Å²) >= 11 is 0. The highest BCUT2D eigenvalue weighted by Gasteiger charge is 2.15. The number of nitrogens with one attached hydrogen (secondary N) is 2. The Kier molecular flexibility index (Phi) is 5.54. The van der Waals surface area contributed by atoms with Crippen molar-refractivity contribution < 1.29 is 13.2 Å². The van der Waals surface area contributed by atoms with Crippen molar-refractivity contribution in [2.45, 2.75) is 26.3 Å². The van der Waals surface area contributed by atoms with Crippen molar-refractivity contribution in [2.24, 2.45) is 0 Å². The zero-order valence-corrected chi connectivity index (χ0v) is 14.8. The summed E-state index contributed by atoms with van der Waals surface area (Å²) in [4.78, 5) is 12.7. The molecule has 2 N–H and O–H groups in total. The van der Waals surface area contributed by atoms with Gasteiger partial charge in [0, 0.05) is 30.1 Å². The highest BCUT2D eigenvalue weighted by atomic mass is 19.2. The van der Waals surface area contributed by atoms with Gasteiger partial charge in [-0.25, -0.2) is 18.2 Å². The summed E-state index contributed by atoms with van der Waals surface area (Å²) in [5.74, 6) is -3.52. The van der Waals surface area contributed by atoms with E-state index >= 15 is 0 Å². The number of hydrogen-bond donors (Lipinski definition) is 2. The van der Waals surface area contributed by atoms with Crippen LogP contribution in [0.5, 0.6) is 0 Å². The van der Waals surface area contributed by atoms with Crippen molar-refractivity contribution in [3.05, 3.63) is 60.2 Å². The van der Waals surface area contributed by atoms with Crippen molar-refractivity contribution >= 4 is 17.5 Å². The summed E-state index contributed by atoms with van der Waals surface area (Å²) in [5, 5.41) is 5.85. The van der Waals surface area contributed by atoms with Crippen LogP contribution < -0.4 is 10.6 Å². The van der Waals surface area contributed by atoms with E-state index in [9.17, 15) is 13.2 Å². The number of hydrogen-bond acceptors (Lipinski definition) is 5. The third-order valence-electron chi connectivity index (χ3n) is 3.99. The van der Waals surface area contributed by atoms with E-state index in [-0.39, 0.29) is 17.5 Å². The van der Waals surface area contributed by atoms with Gasteiger partial charge in [0.05, 0.1) is 11.4 Å². The maximum absolute atomic E-state index is 14.0. The molecule has 0 saturated heterocycles. The van der Waals surface area contributed by atoms with Crippen LogP contribution >= 0.6 is 0 Å². The van der Waals surface area contributed by atoms with Gasteiger partial charge < -0.3 is 10.6 Å². The molecule has 0 aliphatic carbocycles. The first kappa shape index (κ1) is 18.6. The Hall–Kier alpha value is -3.16. The largest absolute Gasteiger partial charge is 0.352 e. The average molecular weight is 373 g/mol. The second-order valence-electron chi connectivity index (χ2n) is 6.00. The Bertz CT molecular complexity index is 934. The van der Waals surface area contributed by atoms with Gasteiger partial charge in [-0.15, -0.1) is 0 Å². The fraction of sp³-hybridized carbons (Fsp3) is 0.211. The number of rotatable bonds is 6. The van der Waals surface area contributed by atoms with Gasteiger partial charge in [-0.05, 0) is 37.6 Å². The molecular formula is C19H18F3N5. The van der Waals surface area contributed by atoms with Gasteiger partial charge in [-0.3, -0.25) is 4.98 Å². The minimum Gasteiger partial charge on any atom is -0.352 e. The average Bonchev–Trinajstić information content (AvgIpc) is 2.69. The second kappa shape index (κ2) is 8.03. The zero-order chi connectivity index (χ0) is 19.4. The molecule has 0 spiro atoms. The van der Waals surface area contributed by atoms with Crippen LogP contribution in [0.1, 0.15) is 20.3 Å². The first-order valence-corrected chi connectivity index (χ1v) is 8.44. The Morgan fingerprint density at radius 2 is 1.74 bits per heavy atom. The lowest BCUT2D eigenvalue weighted by Gasteiger charge is -2.15. The third-order valence-corrected chi connectivity index (χ3v) is 3.99. The molecule has 0 bridgehead atoms. The third kappa shape index (κ3) is 4.33. The fourth-order valence-electron chi connectivity index (χ4n) is 2.33. The molecule has 3 aromatic rings. The molecule has 140 valence electrons. The molecule has 8 heteroatoms. The maximum Gasteiger partial charge on any atom is 0.225 e. The molecular weight excluding hydrogens is 355 g/mol. The van der Waals surface area contributed by atoms with E-state index in [4.69, 9.17) is 0 Å². The molecule has 0 aliphatic rings. The molecule has 0 fully saturated rings. The molecule has 5 nitrogen and oxygen atoms in total. The van der Waals surface area contributed by atoms with E-state index in [0.29, 0.717) is 11.6 Å². The molecule has 27 heavy (non-hydrogen) atoms. The summed E-state index contributed by atoms with van der Waals surface area (Å²) in [6, 6.07) is 7.23. The van der Waals surface area contributed by atoms with Crippen molar-refractivity contribution in [3.63, 3.8) is 0 Å². The minimum absolute atomic E-state index is 0.116. The molecule has 2 aromatic heterocycles. The summed E-state index contributed by atoms with van der Waals surface area (Å²) in [5.41, 5.74) is 1.14. The van der Waals surface area contributed by atoms with Gasteiger partial charge in [0.2, 0.25) is 5.95 Å². The lowest BCUT2D eigenvalue weighted by atomic mass is 10.2. The van der Waals surface area contributed by atoms with Crippen molar-refractivity contribution in [1.82, 2.24) is 15.0 Å². The van der Waals surface area contributed by atoms with Crippen LogP contribution in [0, 0.1) is 17.5 Å². The lowest BCUT2D eigenvalue weighted by molar-refractivity contribution is 0.449. The molecule has 0 aliphatic heterocycles. The van der Waals surface area contributed by atoms with Crippen LogP contribution in [-0.2, 0) is 0 Å². The second-order valence-corrected chi connectivity index (χ2v) is 6.00. The zero-order valence-electron chi connectivity index (χ0n) is 14.8. The highest BCUT2D eigenvalue weighted by molar-refractivity contribution is 5.67. The molecule has 3 rings (SSSR count). The number of benzene rings is 1. The summed E-state index contributed by atoms with van der Waals surface area (Å²) in [7, 11) is 0. The number of pyridine rings is 1. The molecule has 0 unspecified atom stereocenters. The quantitative estimate of drug-likeness (QED) is 0.601.